The van der Waals surface area contributed by atoms with Crippen molar-refractivity contribution in [2.75, 3.05) is 6.54 Å². The second kappa shape index (κ2) is 5.96. The Labute approximate surface area is 131 Å². The van der Waals surface area contributed by atoms with Crippen LogP contribution in [0.2, 0.25) is 0 Å². The van der Waals surface area contributed by atoms with E-state index in [0.717, 1.165) is 30.4 Å². The predicted octanol–water partition coefficient (Wildman–Crippen LogP) is 3.50. The van der Waals surface area contributed by atoms with Gasteiger partial charge >= 0.3 is 12.1 Å². The normalized spacial score (nSPS) is 25.4. The van der Waals surface area contributed by atoms with Gasteiger partial charge < -0.3 is 4.84 Å². The van der Waals surface area contributed by atoms with Crippen LogP contribution in [-0.4, -0.2) is 34.3 Å². The minimum absolute atomic E-state index is 0.345. The van der Waals surface area contributed by atoms with E-state index in [9.17, 15) is 18.0 Å². The van der Waals surface area contributed by atoms with Crippen molar-refractivity contribution >= 4 is 11.5 Å². The van der Waals surface area contributed by atoms with Crippen LogP contribution >= 0.6 is 0 Å². The van der Waals surface area contributed by atoms with Crippen molar-refractivity contribution in [1.29, 1.82) is 0 Å². The summed E-state index contributed by atoms with van der Waals surface area (Å²) in [5.41, 5.74) is 1.66. The fraction of sp³-hybridized carbons (Fsp3) is 0.500. The minimum Gasteiger partial charge on any atom is -0.360 e. The van der Waals surface area contributed by atoms with Gasteiger partial charge in [-0.1, -0.05) is 12.1 Å². The first kappa shape index (κ1) is 16.0. The van der Waals surface area contributed by atoms with E-state index in [4.69, 9.17) is 0 Å². The third kappa shape index (κ3) is 3.24. The molecule has 2 aliphatic rings. The molecule has 1 aliphatic carbocycles. The second-order valence-electron chi connectivity index (χ2n) is 5.98. The average molecular weight is 326 g/mol. The molecule has 0 saturated carbocycles. The molecule has 1 aromatic rings. The molecule has 124 valence electrons. The number of halogens is 3. The molecule has 3 rings (SSSR count). The monoisotopic (exact) mass is 326 g/mol. The molecule has 0 amide bonds. The Hall–Kier alpha value is -1.89. The smallest absolute Gasteiger partial charge is 0.360 e. The van der Waals surface area contributed by atoms with Gasteiger partial charge in [-0.2, -0.15) is 13.2 Å². The van der Waals surface area contributed by atoms with Gasteiger partial charge in [0, 0.05) is 18.9 Å². The number of nitrogens with zero attached hydrogens (tertiary/aromatic N) is 2. The summed E-state index contributed by atoms with van der Waals surface area (Å²) in [6, 6.07) is 3.82. The fourth-order valence-electron chi connectivity index (χ4n) is 3.36. The molecule has 23 heavy (non-hydrogen) atoms. The van der Waals surface area contributed by atoms with Gasteiger partial charge in [-0.25, -0.2) is 4.79 Å². The van der Waals surface area contributed by atoms with Crippen LogP contribution < -0.4 is 0 Å². The molecule has 1 aromatic heterocycles. The lowest BCUT2D eigenvalue weighted by Gasteiger charge is -2.39. The van der Waals surface area contributed by atoms with Crippen molar-refractivity contribution in [2.45, 2.75) is 43.8 Å². The van der Waals surface area contributed by atoms with Crippen molar-refractivity contribution < 1.29 is 22.8 Å². The van der Waals surface area contributed by atoms with E-state index >= 15 is 0 Å². The van der Waals surface area contributed by atoms with Crippen molar-refractivity contribution in [1.82, 2.24) is 10.0 Å². The molecule has 4 nitrogen and oxygen atoms in total. The summed E-state index contributed by atoms with van der Waals surface area (Å²) in [7, 11) is 0. The second-order valence-corrected chi connectivity index (χ2v) is 5.98. The van der Waals surface area contributed by atoms with Gasteiger partial charge in [0.2, 0.25) is 0 Å². The lowest BCUT2D eigenvalue weighted by Crippen LogP contribution is -2.47. The molecule has 1 fully saturated rings. The number of aromatic nitrogens is 1. The number of carbonyl (C=O) groups is 1. The zero-order valence-corrected chi connectivity index (χ0v) is 12.5. The SMILES string of the molecule is O=C(ON1CCCC12CC=C(c1cccnc1)CC2)C(F)(F)F. The molecular formula is C16H17F3N2O2. The van der Waals surface area contributed by atoms with Crippen LogP contribution in [0.3, 0.4) is 0 Å². The van der Waals surface area contributed by atoms with Crippen LogP contribution in [0.15, 0.2) is 30.6 Å². The Balaban J connectivity index is 1.73. The third-order valence-electron chi connectivity index (χ3n) is 4.58. The molecule has 1 saturated heterocycles. The van der Waals surface area contributed by atoms with Crippen LogP contribution in [0.1, 0.15) is 37.7 Å². The predicted molar refractivity (Wildman–Crippen MR) is 76.9 cm³/mol. The quantitative estimate of drug-likeness (QED) is 0.834. The Bertz CT molecular complexity index is 616. The largest absolute Gasteiger partial charge is 0.492 e. The summed E-state index contributed by atoms with van der Waals surface area (Å²) in [4.78, 5) is 19.8. The average Bonchev–Trinajstić information content (AvgIpc) is 2.90. The first-order valence-corrected chi connectivity index (χ1v) is 7.57. The highest BCUT2D eigenvalue weighted by Crippen LogP contribution is 2.43. The lowest BCUT2D eigenvalue weighted by molar-refractivity contribution is -0.253. The molecule has 1 spiro atoms. The third-order valence-corrected chi connectivity index (χ3v) is 4.58. The number of hydrogen-bond acceptors (Lipinski definition) is 4. The Morgan fingerprint density at radius 3 is 2.78 bits per heavy atom. The number of hydrogen-bond donors (Lipinski definition) is 0. The van der Waals surface area contributed by atoms with Gasteiger partial charge in [0.1, 0.15) is 0 Å². The maximum absolute atomic E-state index is 12.4. The van der Waals surface area contributed by atoms with Gasteiger partial charge in [0.15, 0.2) is 0 Å². The molecule has 7 heteroatoms. The minimum atomic E-state index is -4.96. The lowest BCUT2D eigenvalue weighted by atomic mass is 9.80. The summed E-state index contributed by atoms with van der Waals surface area (Å²) in [5, 5.41) is 1.25. The van der Waals surface area contributed by atoms with E-state index in [1.165, 1.54) is 5.06 Å². The van der Waals surface area contributed by atoms with E-state index < -0.39 is 17.7 Å². The fourth-order valence-corrected chi connectivity index (χ4v) is 3.36. The van der Waals surface area contributed by atoms with E-state index in [-0.39, 0.29) is 0 Å². The summed E-state index contributed by atoms with van der Waals surface area (Å²) >= 11 is 0. The zero-order chi connectivity index (χ0) is 16.5. The summed E-state index contributed by atoms with van der Waals surface area (Å²) < 4.78 is 37.3. The summed E-state index contributed by atoms with van der Waals surface area (Å²) in [6.07, 6.45) is 3.96. The summed E-state index contributed by atoms with van der Waals surface area (Å²) in [5.74, 6) is -2.14. The Kier molecular flexibility index (Phi) is 4.14. The van der Waals surface area contributed by atoms with Crippen molar-refractivity contribution in [3.63, 3.8) is 0 Å². The number of carbonyl (C=O) groups excluding carboxylic acids is 1. The standard InChI is InChI=1S/C16H17F3N2O2/c17-16(18,19)14(22)23-21-10-2-6-15(21)7-4-12(5-8-15)13-3-1-9-20-11-13/h1,3-4,9,11H,2,5-8,10H2. The van der Waals surface area contributed by atoms with Crippen molar-refractivity contribution in [3.8, 4) is 0 Å². The maximum Gasteiger partial charge on any atom is 0.492 e. The van der Waals surface area contributed by atoms with Gasteiger partial charge in [-0.3, -0.25) is 4.98 Å². The highest BCUT2D eigenvalue weighted by Gasteiger charge is 2.49. The van der Waals surface area contributed by atoms with E-state index in [1.54, 1.807) is 12.4 Å². The first-order valence-electron chi connectivity index (χ1n) is 7.57. The molecule has 0 aromatic carbocycles. The molecular weight excluding hydrogens is 309 g/mol. The van der Waals surface area contributed by atoms with Crippen LogP contribution in [0, 0.1) is 0 Å². The van der Waals surface area contributed by atoms with Gasteiger partial charge in [0.25, 0.3) is 0 Å². The van der Waals surface area contributed by atoms with Crippen LogP contribution in [-0.2, 0) is 9.63 Å². The number of alkyl halides is 3. The van der Waals surface area contributed by atoms with Gasteiger partial charge in [-0.05, 0) is 49.3 Å². The van der Waals surface area contributed by atoms with Crippen LogP contribution in [0.25, 0.3) is 5.57 Å². The molecule has 0 bridgehead atoms. The molecule has 0 radical (unpaired) electrons. The Morgan fingerprint density at radius 1 is 1.35 bits per heavy atom. The first-order chi connectivity index (χ1) is 10.9. The van der Waals surface area contributed by atoms with Gasteiger partial charge in [-0.15, -0.1) is 5.06 Å². The van der Waals surface area contributed by atoms with Crippen molar-refractivity contribution in [2.24, 2.45) is 0 Å². The number of pyridine rings is 1. The number of allylic oxidation sites excluding steroid dienone is 1. The van der Waals surface area contributed by atoms with E-state index in [1.807, 2.05) is 18.2 Å². The Morgan fingerprint density at radius 2 is 2.17 bits per heavy atom. The zero-order valence-electron chi connectivity index (χ0n) is 12.5. The molecule has 1 aliphatic heterocycles. The van der Waals surface area contributed by atoms with E-state index in [0.29, 0.717) is 19.4 Å². The number of hydroxylamine groups is 2. The highest BCUT2D eigenvalue weighted by molar-refractivity contribution is 5.75. The molecule has 1 atom stereocenters. The van der Waals surface area contributed by atoms with Crippen LogP contribution in [0.4, 0.5) is 13.2 Å². The van der Waals surface area contributed by atoms with Crippen molar-refractivity contribution in [3.05, 3.63) is 36.2 Å². The van der Waals surface area contributed by atoms with E-state index in [2.05, 4.69) is 9.82 Å². The molecule has 0 N–H and O–H groups in total. The molecule has 1 unspecified atom stereocenters. The molecule has 2 heterocycles. The topological polar surface area (TPSA) is 42.4 Å². The number of rotatable bonds is 2. The van der Waals surface area contributed by atoms with Gasteiger partial charge in [0.05, 0.1) is 5.54 Å². The highest BCUT2D eigenvalue weighted by atomic mass is 19.4. The summed E-state index contributed by atoms with van der Waals surface area (Å²) in [6.45, 7) is 0.345. The maximum atomic E-state index is 12.4. The van der Waals surface area contributed by atoms with Crippen LogP contribution in [0.5, 0.6) is 0 Å².